The molecule has 3 rings (SSSR count). The summed E-state index contributed by atoms with van der Waals surface area (Å²) in [7, 11) is 0. The molecule has 96 valence electrons. The SMILES string of the molecule is CC(Nc1ccc(-n2ccnc2)nc1)c1nccs1. The van der Waals surface area contributed by atoms with E-state index in [1.165, 1.54) is 0 Å². The average molecular weight is 271 g/mol. The summed E-state index contributed by atoms with van der Waals surface area (Å²) in [5, 5.41) is 6.43. The van der Waals surface area contributed by atoms with Crippen LogP contribution in [0.15, 0.2) is 48.6 Å². The second-order valence-electron chi connectivity index (χ2n) is 4.11. The molecule has 5 nitrogen and oxygen atoms in total. The molecule has 1 atom stereocenters. The molecule has 0 saturated heterocycles. The minimum absolute atomic E-state index is 0.181. The molecule has 19 heavy (non-hydrogen) atoms. The normalized spacial score (nSPS) is 12.3. The molecule has 0 radical (unpaired) electrons. The lowest BCUT2D eigenvalue weighted by molar-refractivity contribution is 0.866. The predicted molar refractivity (Wildman–Crippen MR) is 75.5 cm³/mol. The van der Waals surface area contributed by atoms with Gasteiger partial charge in [-0.1, -0.05) is 0 Å². The first kappa shape index (κ1) is 11.9. The van der Waals surface area contributed by atoms with Crippen LogP contribution >= 0.6 is 11.3 Å². The van der Waals surface area contributed by atoms with Crippen LogP contribution in [0.5, 0.6) is 0 Å². The Labute approximate surface area is 115 Å². The number of nitrogens with zero attached hydrogens (tertiary/aromatic N) is 4. The first-order valence-electron chi connectivity index (χ1n) is 5.93. The number of pyridine rings is 1. The summed E-state index contributed by atoms with van der Waals surface area (Å²) in [4.78, 5) is 12.7. The molecule has 0 aliphatic heterocycles. The van der Waals surface area contributed by atoms with E-state index in [1.807, 2.05) is 40.7 Å². The summed E-state index contributed by atoms with van der Waals surface area (Å²) in [5.74, 6) is 0.852. The maximum atomic E-state index is 4.40. The van der Waals surface area contributed by atoms with Crippen molar-refractivity contribution in [3.05, 3.63) is 53.6 Å². The van der Waals surface area contributed by atoms with Gasteiger partial charge in [-0.2, -0.15) is 0 Å². The van der Waals surface area contributed by atoms with E-state index in [0.29, 0.717) is 0 Å². The number of rotatable bonds is 4. The quantitative estimate of drug-likeness (QED) is 0.792. The maximum Gasteiger partial charge on any atom is 0.137 e. The van der Waals surface area contributed by atoms with Gasteiger partial charge in [0.05, 0.1) is 17.9 Å². The molecule has 3 heterocycles. The van der Waals surface area contributed by atoms with E-state index < -0.39 is 0 Å². The van der Waals surface area contributed by atoms with E-state index in [0.717, 1.165) is 16.5 Å². The molecule has 3 aromatic rings. The van der Waals surface area contributed by atoms with Gasteiger partial charge >= 0.3 is 0 Å². The zero-order valence-electron chi connectivity index (χ0n) is 10.4. The Balaban J connectivity index is 1.73. The van der Waals surface area contributed by atoms with E-state index in [1.54, 1.807) is 23.9 Å². The third kappa shape index (κ3) is 2.63. The largest absolute Gasteiger partial charge is 0.375 e. The molecule has 0 saturated carbocycles. The fourth-order valence-electron chi connectivity index (χ4n) is 1.78. The zero-order chi connectivity index (χ0) is 13.1. The highest BCUT2D eigenvalue weighted by Crippen LogP contribution is 2.20. The van der Waals surface area contributed by atoms with Crippen molar-refractivity contribution >= 4 is 17.0 Å². The molecule has 1 unspecified atom stereocenters. The van der Waals surface area contributed by atoms with E-state index in [9.17, 15) is 0 Å². The maximum absolute atomic E-state index is 4.40. The lowest BCUT2D eigenvalue weighted by Crippen LogP contribution is -2.06. The number of hydrogen-bond acceptors (Lipinski definition) is 5. The van der Waals surface area contributed by atoms with E-state index in [2.05, 4.69) is 27.2 Å². The summed E-state index contributed by atoms with van der Waals surface area (Å²) in [5.41, 5.74) is 0.978. The number of hydrogen-bond donors (Lipinski definition) is 1. The summed E-state index contributed by atoms with van der Waals surface area (Å²) in [6, 6.07) is 4.14. The van der Waals surface area contributed by atoms with E-state index in [4.69, 9.17) is 0 Å². The van der Waals surface area contributed by atoms with Crippen molar-refractivity contribution < 1.29 is 0 Å². The fourth-order valence-corrected chi connectivity index (χ4v) is 2.42. The van der Waals surface area contributed by atoms with Crippen LogP contribution in [0, 0.1) is 0 Å². The Hall–Kier alpha value is -2.21. The first-order valence-corrected chi connectivity index (χ1v) is 6.81. The molecule has 0 aromatic carbocycles. The Kier molecular flexibility index (Phi) is 3.24. The van der Waals surface area contributed by atoms with Crippen LogP contribution in [-0.2, 0) is 0 Å². The summed E-state index contributed by atoms with van der Waals surface area (Å²) in [6.45, 7) is 2.09. The van der Waals surface area contributed by atoms with Crippen molar-refractivity contribution in [2.24, 2.45) is 0 Å². The van der Waals surface area contributed by atoms with Gasteiger partial charge in [-0.05, 0) is 19.1 Å². The molecule has 0 aliphatic carbocycles. The highest BCUT2D eigenvalue weighted by Gasteiger charge is 2.07. The van der Waals surface area contributed by atoms with Crippen LogP contribution < -0.4 is 5.32 Å². The van der Waals surface area contributed by atoms with Gasteiger partial charge in [-0.3, -0.25) is 4.57 Å². The van der Waals surface area contributed by atoms with Crippen molar-refractivity contribution in [1.82, 2.24) is 19.5 Å². The van der Waals surface area contributed by atoms with Gasteiger partial charge in [0.2, 0.25) is 0 Å². The molecule has 0 spiro atoms. The summed E-state index contributed by atoms with van der Waals surface area (Å²) in [6.07, 6.45) is 8.97. The van der Waals surface area contributed by atoms with Gasteiger partial charge in [0.25, 0.3) is 0 Å². The van der Waals surface area contributed by atoms with Crippen LogP contribution in [0.4, 0.5) is 5.69 Å². The number of anilines is 1. The van der Waals surface area contributed by atoms with Crippen molar-refractivity contribution in [2.45, 2.75) is 13.0 Å². The van der Waals surface area contributed by atoms with Gasteiger partial charge in [0.1, 0.15) is 17.2 Å². The number of thiazole rings is 1. The number of aromatic nitrogens is 4. The van der Waals surface area contributed by atoms with Crippen molar-refractivity contribution in [1.29, 1.82) is 0 Å². The van der Waals surface area contributed by atoms with Crippen LogP contribution in [0.3, 0.4) is 0 Å². The van der Waals surface area contributed by atoms with E-state index in [-0.39, 0.29) is 6.04 Å². The lowest BCUT2D eigenvalue weighted by Gasteiger charge is -2.12. The Bertz CT molecular complexity index is 616. The molecule has 1 N–H and O–H groups in total. The standard InChI is InChI=1S/C13H13N5S/c1-10(13-15-5-7-19-13)17-11-2-3-12(16-8-11)18-6-4-14-9-18/h2-10,17H,1H3. The van der Waals surface area contributed by atoms with Gasteiger partial charge in [-0.15, -0.1) is 11.3 Å². The smallest absolute Gasteiger partial charge is 0.137 e. The molecule has 0 aliphatic rings. The second kappa shape index (κ2) is 5.19. The van der Waals surface area contributed by atoms with Crippen molar-refractivity contribution in [3.8, 4) is 5.82 Å². The van der Waals surface area contributed by atoms with Gasteiger partial charge in [0.15, 0.2) is 0 Å². The van der Waals surface area contributed by atoms with E-state index >= 15 is 0 Å². The molecule has 6 heteroatoms. The molecule has 0 bridgehead atoms. The van der Waals surface area contributed by atoms with Crippen molar-refractivity contribution in [2.75, 3.05) is 5.32 Å². The summed E-state index contributed by atoms with van der Waals surface area (Å²) < 4.78 is 1.87. The van der Waals surface area contributed by atoms with Gasteiger partial charge in [-0.25, -0.2) is 15.0 Å². The number of imidazole rings is 1. The van der Waals surface area contributed by atoms with Crippen LogP contribution in [-0.4, -0.2) is 19.5 Å². The topological polar surface area (TPSA) is 55.6 Å². The monoisotopic (exact) mass is 271 g/mol. The minimum atomic E-state index is 0.181. The zero-order valence-corrected chi connectivity index (χ0v) is 11.2. The van der Waals surface area contributed by atoms with Crippen LogP contribution in [0.2, 0.25) is 0 Å². The van der Waals surface area contributed by atoms with Gasteiger partial charge in [0, 0.05) is 24.0 Å². The first-order chi connectivity index (χ1) is 9.33. The number of nitrogens with one attached hydrogen (secondary N) is 1. The minimum Gasteiger partial charge on any atom is -0.375 e. The highest BCUT2D eigenvalue weighted by molar-refractivity contribution is 7.09. The summed E-state index contributed by atoms with van der Waals surface area (Å²) >= 11 is 1.65. The lowest BCUT2D eigenvalue weighted by atomic mass is 10.3. The molecule has 0 amide bonds. The molecule has 0 fully saturated rings. The van der Waals surface area contributed by atoms with Gasteiger partial charge < -0.3 is 5.32 Å². The second-order valence-corrected chi connectivity index (χ2v) is 5.04. The van der Waals surface area contributed by atoms with Crippen LogP contribution in [0.1, 0.15) is 18.0 Å². The molecule has 3 aromatic heterocycles. The third-order valence-corrected chi connectivity index (χ3v) is 3.68. The van der Waals surface area contributed by atoms with Crippen molar-refractivity contribution in [3.63, 3.8) is 0 Å². The molecular formula is C13H13N5S. The third-order valence-electron chi connectivity index (χ3n) is 2.72. The Morgan fingerprint density at radius 3 is 2.84 bits per heavy atom. The van der Waals surface area contributed by atoms with Crippen LogP contribution in [0.25, 0.3) is 5.82 Å². The molecular weight excluding hydrogens is 258 g/mol. The predicted octanol–water partition coefficient (Wildman–Crippen LogP) is 2.90. The highest BCUT2D eigenvalue weighted by atomic mass is 32.1. The average Bonchev–Trinajstić information content (AvgIpc) is 3.13. The Morgan fingerprint density at radius 2 is 2.21 bits per heavy atom. The Morgan fingerprint density at radius 1 is 1.26 bits per heavy atom. The fraction of sp³-hybridized carbons (Fsp3) is 0.154.